The molecule has 0 aliphatic heterocycles. The van der Waals surface area contributed by atoms with Gasteiger partial charge in [0.2, 0.25) is 0 Å². The fourth-order valence-corrected chi connectivity index (χ4v) is 3.71. The number of carboxylic acid groups (broad SMARTS) is 1. The highest BCUT2D eigenvalue weighted by atomic mass is 19.4. The van der Waals surface area contributed by atoms with Gasteiger partial charge in [-0.25, -0.2) is 0 Å². The van der Waals surface area contributed by atoms with Gasteiger partial charge in [0.1, 0.15) is 5.75 Å². The lowest BCUT2D eigenvalue weighted by Gasteiger charge is -2.19. The number of carboxylic acids is 1. The summed E-state index contributed by atoms with van der Waals surface area (Å²) in [6.45, 7) is 0.192. The Hall–Kier alpha value is -2.32. The SMILES string of the molecule is O=C(O)CCC/C=C\C[C@@H]1[C@@H](/C=C/CCOc2cccc(C(F)(F)F)c2)[C@H](O)C[C@@H]1O. The molecule has 31 heavy (non-hydrogen) atoms. The van der Waals surface area contributed by atoms with E-state index in [0.29, 0.717) is 25.7 Å². The lowest BCUT2D eigenvalue weighted by atomic mass is 9.90. The molecule has 0 amide bonds. The highest BCUT2D eigenvalue weighted by molar-refractivity contribution is 5.66. The molecule has 1 saturated carbocycles. The topological polar surface area (TPSA) is 87.0 Å². The summed E-state index contributed by atoms with van der Waals surface area (Å²) in [4.78, 5) is 10.5. The van der Waals surface area contributed by atoms with Crippen LogP contribution in [0.2, 0.25) is 0 Å². The highest BCUT2D eigenvalue weighted by Crippen LogP contribution is 2.36. The number of aliphatic hydroxyl groups excluding tert-OH is 2. The molecule has 0 radical (unpaired) electrons. The first-order valence-corrected chi connectivity index (χ1v) is 10.4. The number of rotatable bonds is 11. The zero-order valence-corrected chi connectivity index (χ0v) is 17.2. The predicted octanol–water partition coefficient (Wildman–Crippen LogP) is 4.59. The van der Waals surface area contributed by atoms with Crippen LogP contribution in [-0.4, -0.2) is 40.1 Å². The average Bonchev–Trinajstić information content (AvgIpc) is 2.96. The number of hydrogen-bond acceptors (Lipinski definition) is 4. The van der Waals surface area contributed by atoms with E-state index in [9.17, 15) is 28.2 Å². The van der Waals surface area contributed by atoms with Crippen molar-refractivity contribution in [3.63, 3.8) is 0 Å². The molecule has 0 spiro atoms. The summed E-state index contributed by atoms with van der Waals surface area (Å²) in [5.74, 6) is -1.06. The summed E-state index contributed by atoms with van der Waals surface area (Å²) < 4.78 is 43.6. The minimum Gasteiger partial charge on any atom is -0.493 e. The monoisotopic (exact) mass is 442 g/mol. The van der Waals surface area contributed by atoms with Gasteiger partial charge in [0.15, 0.2) is 0 Å². The second-order valence-corrected chi connectivity index (χ2v) is 7.70. The normalized spacial score (nSPS) is 24.3. The minimum absolute atomic E-state index is 0.114. The van der Waals surface area contributed by atoms with Crippen LogP contribution in [0.15, 0.2) is 48.6 Å². The average molecular weight is 442 g/mol. The summed E-state index contributed by atoms with van der Waals surface area (Å²) in [6, 6.07) is 4.71. The molecule has 1 aliphatic rings. The van der Waals surface area contributed by atoms with Crippen LogP contribution in [0.1, 0.15) is 44.1 Å². The van der Waals surface area contributed by atoms with Gasteiger partial charge in [0.25, 0.3) is 0 Å². The molecule has 0 unspecified atom stereocenters. The van der Waals surface area contributed by atoms with Gasteiger partial charge in [0, 0.05) is 18.8 Å². The smallest absolute Gasteiger partial charge is 0.416 e. The van der Waals surface area contributed by atoms with Crippen molar-refractivity contribution in [3.8, 4) is 5.75 Å². The van der Waals surface area contributed by atoms with E-state index >= 15 is 0 Å². The lowest BCUT2D eigenvalue weighted by molar-refractivity contribution is -0.138. The maximum atomic E-state index is 12.7. The highest BCUT2D eigenvalue weighted by Gasteiger charge is 2.39. The van der Waals surface area contributed by atoms with E-state index in [1.54, 1.807) is 0 Å². The van der Waals surface area contributed by atoms with Gasteiger partial charge in [-0.15, -0.1) is 0 Å². The Morgan fingerprint density at radius 1 is 1.13 bits per heavy atom. The molecule has 0 bridgehead atoms. The zero-order valence-electron chi connectivity index (χ0n) is 17.2. The van der Waals surface area contributed by atoms with Gasteiger partial charge in [-0.2, -0.15) is 13.2 Å². The molecule has 1 aromatic carbocycles. The molecule has 0 aromatic heterocycles. The summed E-state index contributed by atoms with van der Waals surface area (Å²) in [5.41, 5.74) is -0.762. The third-order valence-electron chi connectivity index (χ3n) is 5.33. The van der Waals surface area contributed by atoms with Crippen molar-refractivity contribution in [2.75, 3.05) is 6.61 Å². The third kappa shape index (κ3) is 8.38. The summed E-state index contributed by atoms with van der Waals surface area (Å²) >= 11 is 0. The molecular weight excluding hydrogens is 413 g/mol. The van der Waals surface area contributed by atoms with Gasteiger partial charge < -0.3 is 20.1 Å². The molecule has 4 atom stereocenters. The Bertz CT molecular complexity index is 760. The maximum Gasteiger partial charge on any atom is 0.416 e. The molecule has 172 valence electrons. The van der Waals surface area contributed by atoms with Crippen LogP contribution in [0, 0.1) is 11.8 Å². The van der Waals surface area contributed by atoms with Crippen LogP contribution < -0.4 is 4.74 Å². The van der Waals surface area contributed by atoms with Crippen molar-refractivity contribution in [1.29, 1.82) is 0 Å². The summed E-state index contributed by atoms with van der Waals surface area (Å²) in [5, 5.41) is 29.1. The Morgan fingerprint density at radius 3 is 2.61 bits per heavy atom. The molecule has 1 aromatic rings. The number of halogens is 3. The van der Waals surface area contributed by atoms with E-state index in [4.69, 9.17) is 9.84 Å². The number of allylic oxidation sites excluding steroid dienone is 2. The van der Waals surface area contributed by atoms with Crippen molar-refractivity contribution in [2.45, 2.75) is 56.9 Å². The van der Waals surface area contributed by atoms with E-state index in [0.717, 1.165) is 12.1 Å². The van der Waals surface area contributed by atoms with Gasteiger partial charge in [0.05, 0.1) is 24.4 Å². The quantitative estimate of drug-likeness (QED) is 0.345. The van der Waals surface area contributed by atoms with E-state index < -0.39 is 29.9 Å². The van der Waals surface area contributed by atoms with Crippen LogP contribution in [0.5, 0.6) is 5.75 Å². The van der Waals surface area contributed by atoms with Crippen LogP contribution in [0.4, 0.5) is 13.2 Å². The van der Waals surface area contributed by atoms with E-state index in [1.165, 1.54) is 12.1 Å². The molecule has 1 fully saturated rings. The van der Waals surface area contributed by atoms with Crippen LogP contribution in [-0.2, 0) is 11.0 Å². The zero-order chi connectivity index (χ0) is 22.9. The van der Waals surface area contributed by atoms with Crippen LogP contribution >= 0.6 is 0 Å². The molecule has 0 saturated heterocycles. The Kier molecular flexibility index (Phi) is 9.58. The summed E-state index contributed by atoms with van der Waals surface area (Å²) in [7, 11) is 0. The first-order chi connectivity index (χ1) is 14.7. The third-order valence-corrected chi connectivity index (χ3v) is 5.33. The summed E-state index contributed by atoms with van der Waals surface area (Å²) in [6.07, 6.45) is 4.35. The first-order valence-electron chi connectivity index (χ1n) is 10.4. The largest absolute Gasteiger partial charge is 0.493 e. The number of hydrogen-bond donors (Lipinski definition) is 3. The van der Waals surface area contributed by atoms with Crippen molar-refractivity contribution in [2.24, 2.45) is 11.8 Å². The lowest BCUT2D eigenvalue weighted by Crippen LogP contribution is -2.19. The Labute approximate surface area is 179 Å². The molecule has 3 N–H and O–H groups in total. The second-order valence-electron chi connectivity index (χ2n) is 7.70. The Balaban J connectivity index is 1.80. The van der Waals surface area contributed by atoms with E-state index in [-0.39, 0.29) is 37.0 Å². The standard InChI is InChI=1S/C23H29F3O5/c24-23(25,26)16-8-7-9-17(14-16)31-13-6-5-11-19-18(20(27)15-21(19)28)10-3-1-2-4-12-22(29)30/h1,3,5,7-9,11,14,18-21,27-28H,2,4,6,10,12-13,15H2,(H,29,30)/b3-1-,11-5+/t18-,19-,20+,21-/m1/s1. The molecule has 1 aliphatic carbocycles. The van der Waals surface area contributed by atoms with Gasteiger partial charge in [-0.3, -0.25) is 4.79 Å². The van der Waals surface area contributed by atoms with Crippen molar-refractivity contribution in [1.82, 2.24) is 0 Å². The van der Waals surface area contributed by atoms with Crippen molar-refractivity contribution < 1.29 is 38.0 Å². The van der Waals surface area contributed by atoms with E-state index in [2.05, 4.69) is 0 Å². The number of ether oxygens (including phenoxy) is 1. The molecule has 2 rings (SSSR count). The van der Waals surface area contributed by atoms with Crippen molar-refractivity contribution >= 4 is 5.97 Å². The molecular formula is C23H29F3O5. The fourth-order valence-electron chi connectivity index (χ4n) is 3.71. The number of alkyl halides is 3. The van der Waals surface area contributed by atoms with Crippen LogP contribution in [0.25, 0.3) is 0 Å². The van der Waals surface area contributed by atoms with Gasteiger partial charge in [-0.05, 0) is 49.8 Å². The predicted molar refractivity (Wildman–Crippen MR) is 110 cm³/mol. The van der Waals surface area contributed by atoms with Gasteiger partial charge >= 0.3 is 12.1 Å². The second kappa shape index (κ2) is 11.9. The maximum absolute atomic E-state index is 12.7. The fraction of sp³-hybridized carbons (Fsp3) is 0.522. The Morgan fingerprint density at radius 2 is 1.90 bits per heavy atom. The minimum atomic E-state index is -4.42. The number of benzene rings is 1. The van der Waals surface area contributed by atoms with E-state index in [1.807, 2.05) is 24.3 Å². The number of aliphatic hydroxyl groups is 2. The van der Waals surface area contributed by atoms with Crippen molar-refractivity contribution in [3.05, 3.63) is 54.1 Å². The first kappa shape index (κ1) is 24.9. The number of unbranched alkanes of at least 4 members (excludes halogenated alkanes) is 1. The number of aliphatic carboxylic acids is 1. The van der Waals surface area contributed by atoms with Gasteiger partial charge in [-0.1, -0.05) is 30.4 Å². The number of carbonyl (C=O) groups is 1. The molecule has 0 heterocycles. The molecule has 5 nitrogen and oxygen atoms in total. The van der Waals surface area contributed by atoms with Crippen LogP contribution in [0.3, 0.4) is 0 Å². The molecule has 8 heteroatoms.